The van der Waals surface area contributed by atoms with Gasteiger partial charge in [0.2, 0.25) is 0 Å². The molecule has 0 aliphatic carbocycles. The van der Waals surface area contributed by atoms with Gasteiger partial charge in [0.25, 0.3) is 5.91 Å². The number of rotatable bonds is 5. The fraction of sp³-hybridized carbons (Fsp3) is 0.115. The summed E-state index contributed by atoms with van der Waals surface area (Å²) in [6.07, 6.45) is 0.375. The number of halogens is 4. The van der Waals surface area contributed by atoms with E-state index in [4.69, 9.17) is 11.6 Å². The summed E-state index contributed by atoms with van der Waals surface area (Å²) in [7, 11) is 1.36. The van der Waals surface area contributed by atoms with Crippen LogP contribution in [0, 0.1) is 0 Å². The monoisotopic (exact) mass is 525 g/mol. The maximum atomic E-state index is 13.7. The molecule has 0 bridgehead atoms. The molecule has 7 nitrogen and oxygen atoms in total. The van der Waals surface area contributed by atoms with Crippen LogP contribution in [0.2, 0.25) is 5.02 Å². The molecule has 37 heavy (non-hydrogen) atoms. The van der Waals surface area contributed by atoms with E-state index in [9.17, 15) is 23.1 Å². The Morgan fingerprint density at radius 3 is 2.51 bits per heavy atom. The third-order valence-corrected chi connectivity index (χ3v) is 6.13. The maximum Gasteiger partial charge on any atom is 0.435 e. The Labute approximate surface area is 214 Å². The van der Waals surface area contributed by atoms with Gasteiger partial charge in [0.05, 0.1) is 17.8 Å². The summed E-state index contributed by atoms with van der Waals surface area (Å²) in [5.41, 5.74) is 1.35. The lowest BCUT2D eigenvalue weighted by Gasteiger charge is -2.24. The van der Waals surface area contributed by atoms with Crippen molar-refractivity contribution in [2.45, 2.75) is 12.7 Å². The molecule has 5 aromatic rings. The van der Waals surface area contributed by atoms with Crippen molar-refractivity contribution in [3.8, 4) is 17.0 Å². The number of phenolic OH excluding ortho intramolecular Hbond substituents is 1. The number of imidazole rings is 1. The Balaban J connectivity index is 1.54. The lowest BCUT2D eigenvalue weighted by atomic mass is 10.1. The molecule has 3 aromatic heterocycles. The van der Waals surface area contributed by atoms with Crippen LogP contribution in [0.25, 0.3) is 16.9 Å². The molecule has 11 heteroatoms. The van der Waals surface area contributed by atoms with Gasteiger partial charge in [0, 0.05) is 48.0 Å². The average Bonchev–Trinajstić information content (AvgIpc) is 3.49. The summed E-state index contributed by atoms with van der Waals surface area (Å²) in [4.78, 5) is 19.3. The molecule has 0 saturated heterocycles. The van der Waals surface area contributed by atoms with Gasteiger partial charge in [-0.1, -0.05) is 23.7 Å². The highest BCUT2D eigenvalue weighted by Crippen LogP contribution is 2.37. The van der Waals surface area contributed by atoms with Crippen LogP contribution >= 0.6 is 11.6 Å². The predicted octanol–water partition coefficient (Wildman–Crippen LogP) is 5.96. The van der Waals surface area contributed by atoms with Crippen LogP contribution in [0.1, 0.15) is 21.6 Å². The number of aromatic nitrogens is 4. The molecule has 0 saturated carbocycles. The van der Waals surface area contributed by atoms with Crippen molar-refractivity contribution in [1.82, 2.24) is 19.2 Å². The quantitative estimate of drug-likeness (QED) is 0.307. The fourth-order valence-electron chi connectivity index (χ4n) is 4.02. The van der Waals surface area contributed by atoms with E-state index in [1.54, 1.807) is 65.5 Å². The number of anilines is 1. The molecular weight excluding hydrogens is 507 g/mol. The van der Waals surface area contributed by atoms with Gasteiger partial charge in [0.1, 0.15) is 11.4 Å². The number of carbonyl (C=O) groups is 1. The standard InChI is InChI=1S/C26H19ClF3N5O2/c1-33-21(13-23(32-33)26(28,29)30)20-8-7-19(12-22(20)36)35(14-16-2-5-18(27)6-3-16)25(37)17-4-9-24-31-10-11-34(24)15-17/h2-13,15,36H,14H2,1H3. The number of benzene rings is 2. The van der Waals surface area contributed by atoms with Gasteiger partial charge in [-0.15, -0.1) is 0 Å². The van der Waals surface area contributed by atoms with Crippen molar-refractivity contribution in [3.05, 3.63) is 101 Å². The fourth-order valence-corrected chi connectivity index (χ4v) is 4.14. The minimum absolute atomic E-state index is 0.0810. The number of carbonyl (C=O) groups excluding carboxylic acids is 1. The van der Waals surface area contributed by atoms with E-state index < -0.39 is 11.9 Å². The summed E-state index contributed by atoms with van der Waals surface area (Å²) in [5, 5.41) is 14.9. The van der Waals surface area contributed by atoms with Gasteiger partial charge in [-0.2, -0.15) is 18.3 Å². The molecule has 1 N–H and O–H groups in total. The smallest absolute Gasteiger partial charge is 0.435 e. The molecule has 0 spiro atoms. The van der Waals surface area contributed by atoms with Gasteiger partial charge in [-0.3, -0.25) is 9.48 Å². The Morgan fingerprint density at radius 1 is 1.08 bits per heavy atom. The number of hydrogen-bond donors (Lipinski definition) is 1. The Hall–Kier alpha value is -4.31. The molecule has 0 aliphatic heterocycles. The van der Waals surface area contributed by atoms with Crippen molar-refractivity contribution in [2.75, 3.05) is 4.90 Å². The molecule has 1 amide bonds. The zero-order valence-corrected chi connectivity index (χ0v) is 20.1. The van der Waals surface area contributed by atoms with E-state index in [-0.39, 0.29) is 29.5 Å². The van der Waals surface area contributed by atoms with Crippen LogP contribution in [-0.4, -0.2) is 30.2 Å². The normalized spacial score (nSPS) is 11.7. The zero-order chi connectivity index (χ0) is 26.3. The van der Waals surface area contributed by atoms with E-state index in [1.165, 1.54) is 24.1 Å². The van der Waals surface area contributed by atoms with Gasteiger partial charge >= 0.3 is 6.18 Å². The molecule has 0 atom stereocenters. The van der Waals surface area contributed by atoms with Gasteiger partial charge in [0.15, 0.2) is 5.69 Å². The first-order valence-electron chi connectivity index (χ1n) is 11.0. The highest BCUT2D eigenvalue weighted by atomic mass is 35.5. The number of phenols is 1. The summed E-state index contributed by atoms with van der Waals surface area (Å²) in [5.74, 6) is -0.647. The minimum atomic E-state index is -4.62. The number of aryl methyl sites for hydroxylation is 1. The second-order valence-electron chi connectivity index (χ2n) is 8.37. The largest absolute Gasteiger partial charge is 0.507 e. The average molecular weight is 526 g/mol. The van der Waals surface area contributed by atoms with Crippen LogP contribution in [0.5, 0.6) is 5.75 Å². The van der Waals surface area contributed by atoms with E-state index in [0.717, 1.165) is 16.3 Å². The summed E-state index contributed by atoms with van der Waals surface area (Å²) in [6.45, 7) is 0.153. The SMILES string of the molecule is Cn1nc(C(F)(F)F)cc1-c1ccc(N(Cc2ccc(Cl)cc2)C(=O)c2ccc3nccn3c2)cc1O. The lowest BCUT2D eigenvalue weighted by molar-refractivity contribution is -0.141. The second-order valence-corrected chi connectivity index (χ2v) is 8.80. The molecule has 3 heterocycles. The van der Waals surface area contributed by atoms with E-state index in [1.807, 2.05) is 0 Å². The third-order valence-electron chi connectivity index (χ3n) is 5.87. The molecule has 0 aliphatic rings. The van der Waals surface area contributed by atoms with E-state index >= 15 is 0 Å². The molecule has 0 radical (unpaired) electrons. The number of hydrogen-bond acceptors (Lipinski definition) is 4. The van der Waals surface area contributed by atoms with Crippen LogP contribution in [0.3, 0.4) is 0 Å². The molecule has 188 valence electrons. The van der Waals surface area contributed by atoms with Crippen molar-refractivity contribution in [2.24, 2.45) is 7.05 Å². The zero-order valence-electron chi connectivity index (χ0n) is 19.3. The molecule has 2 aromatic carbocycles. The molecule has 0 fully saturated rings. The Kier molecular flexibility index (Phi) is 6.12. The number of fused-ring (bicyclic) bond motifs is 1. The number of pyridine rings is 1. The first-order valence-corrected chi connectivity index (χ1v) is 11.4. The van der Waals surface area contributed by atoms with Gasteiger partial charge in [-0.25, -0.2) is 4.98 Å². The lowest BCUT2D eigenvalue weighted by Crippen LogP contribution is -2.30. The first kappa shape index (κ1) is 24.4. The predicted molar refractivity (Wildman–Crippen MR) is 132 cm³/mol. The minimum Gasteiger partial charge on any atom is -0.507 e. The molecule has 0 unspecified atom stereocenters. The summed E-state index contributed by atoms with van der Waals surface area (Å²) >= 11 is 6.01. The van der Waals surface area contributed by atoms with Crippen molar-refractivity contribution >= 4 is 28.8 Å². The Morgan fingerprint density at radius 2 is 1.84 bits per heavy atom. The van der Waals surface area contributed by atoms with Crippen LogP contribution in [-0.2, 0) is 19.8 Å². The number of aromatic hydroxyl groups is 1. The topological polar surface area (TPSA) is 75.7 Å². The molecular formula is C26H19ClF3N5O2. The highest BCUT2D eigenvalue weighted by Gasteiger charge is 2.35. The third kappa shape index (κ3) is 4.88. The highest BCUT2D eigenvalue weighted by molar-refractivity contribution is 6.30. The van der Waals surface area contributed by atoms with Gasteiger partial charge in [-0.05, 0) is 48.0 Å². The van der Waals surface area contributed by atoms with Crippen LogP contribution in [0.4, 0.5) is 18.9 Å². The summed E-state index contributed by atoms with van der Waals surface area (Å²) < 4.78 is 42.2. The van der Waals surface area contributed by atoms with E-state index in [2.05, 4.69) is 10.1 Å². The number of nitrogens with zero attached hydrogens (tertiary/aromatic N) is 5. The Bertz CT molecular complexity index is 1610. The first-order chi connectivity index (χ1) is 17.6. The van der Waals surface area contributed by atoms with Crippen molar-refractivity contribution < 1.29 is 23.1 Å². The second kappa shape index (κ2) is 9.29. The van der Waals surface area contributed by atoms with Crippen molar-refractivity contribution in [3.63, 3.8) is 0 Å². The van der Waals surface area contributed by atoms with Crippen LogP contribution < -0.4 is 4.90 Å². The number of amides is 1. The number of alkyl halides is 3. The van der Waals surface area contributed by atoms with Gasteiger partial charge < -0.3 is 14.4 Å². The van der Waals surface area contributed by atoms with E-state index in [0.29, 0.717) is 21.9 Å². The van der Waals surface area contributed by atoms with Crippen molar-refractivity contribution in [1.29, 1.82) is 0 Å². The molecule has 5 rings (SSSR count). The maximum absolute atomic E-state index is 13.7. The summed E-state index contributed by atoms with van der Waals surface area (Å²) in [6, 6.07) is 15.6. The van der Waals surface area contributed by atoms with Crippen LogP contribution in [0.15, 0.2) is 79.3 Å².